The predicted octanol–water partition coefficient (Wildman–Crippen LogP) is 1.35. The largest absolute Gasteiger partial charge is 0.506 e. The van der Waals surface area contributed by atoms with E-state index in [-0.39, 0.29) is 23.9 Å². The SMILES string of the molecule is C[N+]1(CC(=O)N(O)c2ccccc2O)CCCC1. The molecule has 1 fully saturated rings. The van der Waals surface area contributed by atoms with Gasteiger partial charge in [-0.05, 0) is 12.1 Å². The monoisotopic (exact) mass is 251 g/mol. The average Bonchev–Trinajstić information content (AvgIpc) is 2.75. The van der Waals surface area contributed by atoms with Crippen LogP contribution in [0.15, 0.2) is 24.3 Å². The van der Waals surface area contributed by atoms with Gasteiger partial charge in [0, 0.05) is 12.8 Å². The van der Waals surface area contributed by atoms with Gasteiger partial charge in [0.1, 0.15) is 11.4 Å². The fourth-order valence-corrected chi connectivity index (χ4v) is 2.43. The number of anilines is 1. The molecule has 0 spiro atoms. The first-order chi connectivity index (χ1) is 8.52. The predicted molar refractivity (Wildman–Crippen MR) is 67.4 cm³/mol. The first-order valence-electron chi connectivity index (χ1n) is 6.15. The fourth-order valence-electron chi connectivity index (χ4n) is 2.43. The van der Waals surface area contributed by atoms with Gasteiger partial charge < -0.3 is 9.59 Å². The molecule has 0 bridgehead atoms. The highest BCUT2D eigenvalue weighted by molar-refractivity contribution is 5.93. The number of hydrogen-bond acceptors (Lipinski definition) is 3. The summed E-state index contributed by atoms with van der Waals surface area (Å²) in [6, 6.07) is 6.26. The number of likely N-dealkylation sites (tertiary alicyclic amines) is 1. The minimum absolute atomic E-state index is 0.0996. The summed E-state index contributed by atoms with van der Waals surface area (Å²) in [6.45, 7) is 2.17. The number of hydrogen-bond donors (Lipinski definition) is 2. The molecule has 2 rings (SSSR count). The molecule has 0 atom stereocenters. The van der Waals surface area contributed by atoms with E-state index in [0.717, 1.165) is 25.9 Å². The summed E-state index contributed by atoms with van der Waals surface area (Å²) >= 11 is 0. The zero-order valence-corrected chi connectivity index (χ0v) is 10.5. The second-order valence-electron chi connectivity index (χ2n) is 5.13. The van der Waals surface area contributed by atoms with Crippen LogP contribution in [0.2, 0.25) is 0 Å². The van der Waals surface area contributed by atoms with Gasteiger partial charge in [-0.1, -0.05) is 12.1 Å². The Balaban J connectivity index is 2.07. The number of carbonyl (C=O) groups excluding carboxylic acids is 1. The molecular weight excluding hydrogens is 232 g/mol. The Morgan fingerprint density at radius 2 is 1.94 bits per heavy atom. The molecule has 0 unspecified atom stereocenters. The molecule has 0 radical (unpaired) electrons. The molecule has 5 nitrogen and oxygen atoms in total. The van der Waals surface area contributed by atoms with Crippen molar-refractivity contribution in [3.63, 3.8) is 0 Å². The van der Waals surface area contributed by atoms with Crippen LogP contribution in [0.25, 0.3) is 0 Å². The second kappa shape index (κ2) is 4.96. The molecule has 0 aromatic heterocycles. The maximum absolute atomic E-state index is 12.0. The summed E-state index contributed by atoms with van der Waals surface area (Å²) in [5, 5.41) is 20.0. The van der Waals surface area contributed by atoms with Gasteiger partial charge in [0.25, 0.3) is 0 Å². The lowest BCUT2D eigenvalue weighted by molar-refractivity contribution is -0.889. The fraction of sp³-hybridized carbons (Fsp3) is 0.462. The molecule has 1 amide bonds. The van der Waals surface area contributed by atoms with Crippen molar-refractivity contribution >= 4 is 11.6 Å². The maximum Gasteiger partial charge on any atom is 0.305 e. The molecular formula is C13H19N2O3+. The Bertz CT molecular complexity index is 442. The highest BCUT2D eigenvalue weighted by Gasteiger charge is 2.32. The first kappa shape index (κ1) is 12.9. The van der Waals surface area contributed by atoms with Crippen molar-refractivity contribution in [3.05, 3.63) is 24.3 Å². The summed E-state index contributed by atoms with van der Waals surface area (Å²) < 4.78 is 0.656. The van der Waals surface area contributed by atoms with Crippen LogP contribution >= 0.6 is 0 Å². The van der Waals surface area contributed by atoms with Gasteiger partial charge in [-0.3, -0.25) is 10.0 Å². The van der Waals surface area contributed by atoms with E-state index in [1.165, 1.54) is 12.1 Å². The molecule has 2 N–H and O–H groups in total. The second-order valence-corrected chi connectivity index (χ2v) is 5.13. The van der Waals surface area contributed by atoms with Crippen LogP contribution in [-0.2, 0) is 4.79 Å². The van der Waals surface area contributed by atoms with E-state index in [0.29, 0.717) is 9.55 Å². The number of benzene rings is 1. The minimum Gasteiger partial charge on any atom is -0.506 e. The number of nitrogens with zero attached hydrogens (tertiary/aromatic N) is 2. The summed E-state index contributed by atoms with van der Waals surface area (Å²) in [5.41, 5.74) is 0.133. The van der Waals surface area contributed by atoms with Crippen molar-refractivity contribution in [3.8, 4) is 5.75 Å². The smallest absolute Gasteiger partial charge is 0.305 e. The number of phenolic OH excluding ortho intramolecular Hbond substituents is 1. The molecule has 1 aromatic rings. The molecule has 0 saturated carbocycles. The first-order valence-corrected chi connectivity index (χ1v) is 6.15. The van der Waals surface area contributed by atoms with Crippen molar-refractivity contribution in [1.82, 2.24) is 0 Å². The van der Waals surface area contributed by atoms with E-state index in [1.807, 2.05) is 7.05 Å². The standard InChI is InChI=1S/C13H18N2O3/c1-15(8-4-5-9-15)10-13(17)14(18)11-6-2-3-7-12(11)16/h2-3,6-7,18H,4-5,8-10H2,1H3/p+1. The molecule has 18 heavy (non-hydrogen) atoms. The lowest BCUT2D eigenvalue weighted by Crippen LogP contribution is -2.49. The van der Waals surface area contributed by atoms with Gasteiger partial charge >= 0.3 is 5.91 Å². The van der Waals surface area contributed by atoms with E-state index in [9.17, 15) is 15.1 Å². The van der Waals surface area contributed by atoms with E-state index >= 15 is 0 Å². The Labute approximate surface area is 106 Å². The quantitative estimate of drug-likeness (QED) is 0.484. The van der Waals surface area contributed by atoms with E-state index in [4.69, 9.17) is 0 Å². The Morgan fingerprint density at radius 1 is 1.33 bits per heavy atom. The number of para-hydroxylation sites is 2. The van der Waals surface area contributed by atoms with Crippen molar-refractivity contribution in [2.24, 2.45) is 0 Å². The molecule has 1 aromatic carbocycles. The number of phenols is 1. The van der Waals surface area contributed by atoms with Crippen LogP contribution in [0.5, 0.6) is 5.75 Å². The molecule has 1 saturated heterocycles. The molecule has 5 heteroatoms. The van der Waals surface area contributed by atoms with E-state index in [2.05, 4.69) is 0 Å². The van der Waals surface area contributed by atoms with Crippen LogP contribution in [-0.4, -0.2) is 47.4 Å². The highest BCUT2D eigenvalue weighted by atomic mass is 16.5. The Hall–Kier alpha value is -1.59. The van der Waals surface area contributed by atoms with Crippen LogP contribution < -0.4 is 5.06 Å². The van der Waals surface area contributed by atoms with Crippen LogP contribution in [0.3, 0.4) is 0 Å². The number of rotatable bonds is 3. The minimum atomic E-state index is -0.388. The van der Waals surface area contributed by atoms with Crippen molar-refractivity contribution < 1.29 is 19.6 Å². The zero-order chi connectivity index (χ0) is 13.2. The summed E-state index contributed by atoms with van der Waals surface area (Å²) in [5.74, 6) is -0.488. The van der Waals surface area contributed by atoms with Crippen LogP contribution in [0.4, 0.5) is 5.69 Å². The van der Waals surface area contributed by atoms with Crippen LogP contribution in [0.1, 0.15) is 12.8 Å². The van der Waals surface area contributed by atoms with Gasteiger partial charge in [0.2, 0.25) is 0 Å². The topological polar surface area (TPSA) is 60.8 Å². The van der Waals surface area contributed by atoms with Gasteiger partial charge in [0.05, 0.1) is 20.1 Å². The zero-order valence-electron chi connectivity index (χ0n) is 10.5. The number of aromatic hydroxyl groups is 1. The van der Waals surface area contributed by atoms with E-state index < -0.39 is 0 Å². The lowest BCUT2D eigenvalue weighted by Gasteiger charge is -2.29. The Morgan fingerprint density at radius 3 is 2.56 bits per heavy atom. The average molecular weight is 251 g/mol. The molecule has 1 aliphatic rings. The third kappa shape index (κ3) is 2.63. The number of carbonyl (C=O) groups is 1. The summed E-state index contributed by atoms with van der Waals surface area (Å²) in [7, 11) is 2.02. The Kier molecular flexibility index (Phi) is 3.54. The molecule has 0 aliphatic carbocycles. The van der Waals surface area contributed by atoms with Gasteiger partial charge in [-0.15, -0.1) is 0 Å². The van der Waals surface area contributed by atoms with Crippen molar-refractivity contribution in [1.29, 1.82) is 0 Å². The third-order valence-corrected chi connectivity index (χ3v) is 3.51. The normalized spacial score (nSPS) is 17.7. The van der Waals surface area contributed by atoms with Crippen LogP contribution in [0, 0.1) is 0 Å². The highest BCUT2D eigenvalue weighted by Crippen LogP contribution is 2.26. The number of amides is 1. The molecule has 1 heterocycles. The third-order valence-electron chi connectivity index (χ3n) is 3.51. The van der Waals surface area contributed by atoms with Gasteiger partial charge in [-0.25, -0.2) is 0 Å². The molecule has 1 aliphatic heterocycles. The number of likely N-dealkylation sites (N-methyl/N-ethyl adjacent to an activating group) is 1. The summed E-state index contributed by atoms with van der Waals surface area (Å²) in [6.07, 6.45) is 2.23. The maximum atomic E-state index is 12.0. The number of hydroxylamine groups is 1. The van der Waals surface area contributed by atoms with Crippen molar-refractivity contribution in [2.75, 3.05) is 31.7 Å². The van der Waals surface area contributed by atoms with Gasteiger partial charge in [-0.2, -0.15) is 5.06 Å². The molecule has 98 valence electrons. The number of quaternary nitrogens is 1. The summed E-state index contributed by atoms with van der Waals surface area (Å²) in [4.78, 5) is 12.0. The van der Waals surface area contributed by atoms with Gasteiger partial charge in [0.15, 0.2) is 6.54 Å². The van der Waals surface area contributed by atoms with Crippen molar-refractivity contribution in [2.45, 2.75) is 12.8 Å². The van der Waals surface area contributed by atoms with E-state index in [1.54, 1.807) is 12.1 Å². The lowest BCUT2D eigenvalue weighted by atomic mass is 10.3.